The minimum Gasteiger partial charge on any atom is -0.363 e. The van der Waals surface area contributed by atoms with Gasteiger partial charge in [-0.2, -0.15) is 0 Å². The van der Waals surface area contributed by atoms with Crippen LogP contribution in [0.3, 0.4) is 0 Å². The molecule has 0 amide bonds. The molecule has 8 nitrogen and oxygen atoms in total. The van der Waals surface area contributed by atoms with E-state index in [0.717, 1.165) is 49.5 Å². The van der Waals surface area contributed by atoms with Crippen molar-refractivity contribution >= 4 is 21.4 Å². The van der Waals surface area contributed by atoms with Crippen LogP contribution >= 0.6 is 0 Å². The average molecular weight is 439 g/mol. The Labute approximate surface area is 182 Å². The molecule has 2 aliphatic heterocycles. The van der Waals surface area contributed by atoms with Gasteiger partial charge >= 0.3 is 0 Å². The maximum absolute atomic E-state index is 11.6. The first-order valence-corrected chi connectivity index (χ1v) is 12.4. The van der Waals surface area contributed by atoms with Crippen LogP contribution in [0.1, 0.15) is 18.5 Å². The molecule has 1 aromatic heterocycles. The summed E-state index contributed by atoms with van der Waals surface area (Å²) in [4.78, 5) is 4.92. The lowest BCUT2D eigenvalue weighted by molar-refractivity contribution is 0.209. The van der Waals surface area contributed by atoms with Gasteiger partial charge in [0.05, 0.1) is 29.5 Å². The van der Waals surface area contributed by atoms with E-state index in [4.69, 9.17) is 0 Å². The maximum Gasteiger partial charge on any atom is 0.229 e. The van der Waals surface area contributed by atoms with Gasteiger partial charge in [0, 0.05) is 37.4 Å². The predicted octanol–water partition coefficient (Wildman–Crippen LogP) is 2.49. The van der Waals surface area contributed by atoms with E-state index in [0.29, 0.717) is 17.8 Å². The Morgan fingerprint density at radius 3 is 2.42 bits per heavy atom. The number of para-hydroxylation sites is 1. The lowest BCUT2D eigenvalue weighted by atomic mass is 10.1. The van der Waals surface area contributed by atoms with Gasteiger partial charge in [0.25, 0.3) is 0 Å². The number of hydrogen-bond acceptors (Lipinski definition) is 6. The quantitative estimate of drug-likeness (QED) is 0.637. The Kier molecular flexibility index (Phi) is 5.15. The van der Waals surface area contributed by atoms with E-state index in [-0.39, 0.29) is 0 Å². The van der Waals surface area contributed by atoms with Crippen molar-refractivity contribution in [2.45, 2.75) is 31.5 Å². The number of anilines is 2. The van der Waals surface area contributed by atoms with Gasteiger partial charge in [-0.25, -0.2) is 13.1 Å². The summed E-state index contributed by atoms with van der Waals surface area (Å²) in [6, 6.07) is 18.6. The number of piperazine rings is 1. The lowest BCUT2D eigenvalue weighted by Crippen LogP contribution is -2.53. The first kappa shape index (κ1) is 20.0. The van der Waals surface area contributed by atoms with Crippen molar-refractivity contribution in [1.29, 1.82) is 0 Å². The Morgan fingerprint density at radius 2 is 1.71 bits per heavy atom. The molecule has 3 aromatic rings. The second-order valence-electron chi connectivity index (χ2n) is 8.40. The van der Waals surface area contributed by atoms with Crippen molar-refractivity contribution in [1.82, 2.24) is 19.9 Å². The Balaban J connectivity index is 1.28. The van der Waals surface area contributed by atoms with Crippen LogP contribution in [0.5, 0.6) is 0 Å². The summed E-state index contributed by atoms with van der Waals surface area (Å²) in [5.74, 6) is 0. The SMILES string of the molecule is CS(=O)(=O)Nc1cccc(N2C3CCC2CN(Cc2cn(-c4ccccc4)nn2)C3)c1. The highest BCUT2D eigenvalue weighted by atomic mass is 32.2. The predicted molar refractivity (Wildman–Crippen MR) is 121 cm³/mol. The normalized spacial score (nSPS) is 21.4. The Morgan fingerprint density at radius 1 is 1.00 bits per heavy atom. The first-order chi connectivity index (χ1) is 14.9. The Hall–Kier alpha value is -2.91. The summed E-state index contributed by atoms with van der Waals surface area (Å²) in [7, 11) is -3.29. The lowest BCUT2D eigenvalue weighted by Gasteiger charge is -2.42. The van der Waals surface area contributed by atoms with E-state index in [9.17, 15) is 8.42 Å². The molecule has 2 aliphatic rings. The number of sulfonamides is 1. The van der Waals surface area contributed by atoms with Crippen molar-refractivity contribution in [2.75, 3.05) is 29.0 Å². The van der Waals surface area contributed by atoms with Gasteiger partial charge in [-0.15, -0.1) is 5.10 Å². The fourth-order valence-corrected chi connectivity index (χ4v) is 5.35. The topological polar surface area (TPSA) is 83.4 Å². The third-order valence-electron chi connectivity index (χ3n) is 5.95. The number of nitrogens with zero attached hydrogens (tertiary/aromatic N) is 5. The van der Waals surface area contributed by atoms with Crippen LogP contribution < -0.4 is 9.62 Å². The van der Waals surface area contributed by atoms with Crippen LogP contribution in [0.25, 0.3) is 5.69 Å². The van der Waals surface area contributed by atoms with E-state index in [1.54, 1.807) is 6.07 Å². The third-order valence-corrected chi connectivity index (χ3v) is 6.56. The van der Waals surface area contributed by atoms with Crippen LogP contribution in [0.4, 0.5) is 11.4 Å². The van der Waals surface area contributed by atoms with Crippen molar-refractivity contribution < 1.29 is 8.42 Å². The van der Waals surface area contributed by atoms with E-state index in [2.05, 4.69) is 30.9 Å². The van der Waals surface area contributed by atoms with Gasteiger partial charge in [0.1, 0.15) is 0 Å². The molecule has 1 N–H and O–H groups in total. The second kappa shape index (κ2) is 7.97. The third kappa shape index (κ3) is 4.42. The minimum atomic E-state index is -3.29. The van der Waals surface area contributed by atoms with E-state index in [1.165, 1.54) is 6.26 Å². The summed E-state index contributed by atoms with van der Waals surface area (Å²) in [6.07, 6.45) is 5.46. The van der Waals surface area contributed by atoms with Crippen molar-refractivity contribution in [2.24, 2.45) is 0 Å². The van der Waals surface area contributed by atoms with Crippen LogP contribution in [-0.4, -0.2) is 59.7 Å². The van der Waals surface area contributed by atoms with Gasteiger partial charge in [-0.3, -0.25) is 9.62 Å². The minimum absolute atomic E-state index is 0.413. The molecular weight excluding hydrogens is 412 g/mol. The monoisotopic (exact) mass is 438 g/mol. The smallest absolute Gasteiger partial charge is 0.229 e. The molecule has 2 aromatic carbocycles. The van der Waals surface area contributed by atoms with Gasteiger partial charge in [-0.05, 0) is 43.2 Å². The number of hydrogen-bond donors (Lipinski definition) is 1. The largest absolute Gasteiger partial charge is 0.363 e. The zero-order valence-electron chi connectivity index (χ0n) is 17.4. The van der Waals surface area contributed by atoms with Gasteiger partial charge in [0.2, 0.25) is 10.0 Å². The molecule has 0 radical (unpaired) electrons. The molecule has 0 aliphatic carbocycles. The summed E-state index contributed by atoms with van der Waals surface area (Å²) < 4.78 is 27.6. The van der Waals surface area contributed by atoms with E-state index in [1.807, 2.05) is 53.3 Å². The summed E-state index contributed by atoms with van der Waals surface area (Å²) in [6.45, 7) is 2.69. The first-order valence-electron chi connectivity index (χ1n) is 10.5. The highest BCUT2D eigenvalue weighted by Crippen LogP contribution is 2.36. The summed E-state index contributed by atoms with van der Waals surface area (Å²) >= 11 is 0. The van der Waals surface area contributed by atoms with Gasteiger partial charge in [-0.1, -0.05) is 29.5 Å². The molecule has 2 unspecified atom stereocenters. The standard InChI is InChI=1S/C22H26N6O2S/c1-31(29,30)24-17-6-5-9-20(12-17)28-21-10-11-22(28)16-26(15-21)13-18-14-27(25-23-18)19-7-3-2-4-8-19/h2-9,12,14,21-22,24H,10-11,13,15-16H2,1H3. The van der Waals surface area contributed by atoms with Crippen LogP contribution in [0.2, 0.25) is 0 Å². The number of benzene rings is 2. The van der Waals surface area contributed by atoms with Crippen molar-refractivity contribution in [3.05, 3.63) is 66.5 Å². The van der Waals surface area contributed by atoms with E-state index < -0.39 is 10.0 Å². The summed E-state index contributed by atoms with van der Waals surface area (Å²) in [5.41, 5.74) is 3.67. The zero-order chi connectivity index (χ0) is 21.4. The Bertz CT molecular complexity index is 1150. The molecule has 0 spiro atoms. The highest BCUT2D eigenvalue weighted by Gasteiger charge is 2.40. The second-order valence-corrected chi connectivity index (χ2v) is 10.1. The van der Waals surface area contributed by atoms with Crippen LogP contribution in [0.15, 0.2) is 60.8 Å². The molecular formula is C22H26N6O2S. The van der Waals surface area contributed by atoms with Crippen LogP contribution in [-0.2, 0) is 16.6 Å². The van der Waals surface area contributed by atoms with Gasteiger partial charge < -0.3 is 4.90 Å². The van der Waals surface area contributed by atoms with Crippen molar-refractivity contribution in [3.8, 4) is 5.69 Å². The molecule has 3 heterocycles. The maximum atomic E-state index is 11.6. The number of aromatic nitrogens is 3. The van der Waals surface area contributed by atoms with Crippen LogP contribution in [0, 0.1) is 0 Å². The summed E-state index contributed by atoms with van der Waals surface area (Å²) in [5, 5.41) is 8.65. The van der Waals surface area contributed by atoms with Crippen molar-refractivity contribution in [3.63, 3.8) is 0 Å². The number of rotatable bonds is 6. The molecule has 31 heavy (non-hydrogen) atoms. The number of nitrogens with one attached hydrogen (secondary N) is 1. The zero-order valence-corrected chi connectivity index (χ0v) is 18.2. The molecule has 2 atom stereocenters. The molecule has 9 heteroatoms. The molecule has 0 saturated carbocycles. The molecule has 2 saturated heterocycles. The van der Waals surface area contributed by atoms with Gasteiger partial charge in [0.15, 0.2) is 0 Å². The number of fused-ring (bicyclic) bond motifs is 2. The molecule has 2 bridgehead atoms. The number of likely N-dealkylation sites (tertiary alicyclic amines) is 1. The van der Waals surface area contributed by atoms with E-state index >= 15 is 0 Å². The fourth-order valence-electron chi connectivity index (χ4n) is 4.79. The molecule has 2 fully saturated rings. The fraction of sp³-hybridized carbons (Fsp3) is 0.364. The highest BCUT2D eigenvalue weighted by molar-refractivity contribution is 7.92. The molecule has 5 rings (SSSR count). The average Bonchev–Trinajstić information content (AvgIpc) is 3.30. The molecule has 162 valence electrons.